The van der Waals surface area contributed by atoms with Crippen molar-refractivity contribution in [1.82, 2.24) is 5.43 Å². The summed E-state index contributed by atoms with van der Waals surface area (Å²) in [5, 5.41) is 3.71. The molecular weight excluding hydrogens is 234 g/mol. The number of hydrazone groups is 1. The van der Waals surface area contributed by atoms with E-state index in [0.29, 0.717) is 11.5 Å². The lowest BCUT2D eigenvalue weighted by Crippen LogP contribution is -2.26. The van der Waals surface area contributed by atoms with Crippen LogP contribution in [0.2, 0.25) is 0 Å². The first-order valence-electron chi connectivity index (χ1n) is 5.36. The smallest absolute Gasteiger partial charge is 0.277 e. The summed E-state index contributed by atoms with van der Waals surface area (Å²) in [5.41, 5.74) is 7.69. The topological polar surface area (TPSA) is 93.8 Å². The third kappa shape index (κ3) is 5.64. The maximum atomic E-state index is 11.3. The van der Waals surface area contributed by atoms with Gasteiger partial charge in [0.05, 0.1) is 6.42 Å². The van der Waals surface area contributed by atoms with Gasteiger partial charge in [-0.05, 0) is 19.1 Å². The van der Waals surface area contributed by atoms with E-state index >= 15 is 0 Å². The highest BCUT2D eigenvalue weighted by atomic mass is 16.5. The molecule has 1 aromatic rings. The Balaban J connectivity index is 2.32. The molecule has 1 aromatic carbocycles. The van der Waals surface area contributed by atoms with E-state index in [1.165, 1.54) is 0 Å². The van der Waals surface area contributed by atoms with Crippen molar-refractivity contribution in [2.24, 2.45) is 10.8 Å². The highest BCUT2D eigenvalue weighted by molar-refractivity contribution is 5.99. The number of amides is 2. The molecule has 0 aliphatic rings. The van der Waals surface area contributed by atoms with Gasteiger partial charge in [-0.25, -0.2) is 5.43 Å². The van der Waals surface area contributed by atoms with Crippen LogP contribution in [0.15, 0.2) is 35.4 Å². The van der Waals surface area contributed by atoms with E-state index in [0.717, 1.165) is 0 Å². The summed E-state index contributed by atoms with van der Waals surface area (Å²) in [6, 6.07) is 8.96. The van der Waals surface area contributed by atoms with E-state index in [-0.39, 0.29) is 13.0 Å². The van der Waals surface area contributed by atoms with Crippen molar-refractivity contribution in [3.63, 3.8) is 0 Å². The van der Waals surface area contributed by atoms with Crippen LogP contribution in [0.1, 0.15) is 13.3 Å². The van der Waals surface area contributed by atoms with Crippen molar-refractivity contribution in [2.75, 3.05) is 6.61 Å². The second kappa shape index (κ2) is 7.05. The Bertz CT molecular complexity index is 443. The molecule has 0 fully saturated rings. The van der Waals surface area contributed by atoms with Crippen LogP contribution in [-0.4, -0.2) is 24.1 Å². The molecule has 0 aromatic heterocycles. The summed E-state index contributed by atoms with van der Waals surface area (Å²) in [6.07, 6.45) is 0.0137. The molecule has 0 saturated carbocycles. The van der Waals surface area contributed by atoms with Gasteiger partial charge in [0.2, 0.25) is 5.91 Å². The summed E-state index contributed by atoms with van der Waals surface area (Å²) in [4.78, 5) is 21.9. The molecule has 96 valence electrons. The summed E-state index contributed by atoms with van der Waals surface area (Å²) in [6.45, 7) is 1.46. The number of rotatable bonds is 6. The maximum Gasteiger partial charge on any atom is 0.277 e. The molecule has 0 spiro atoms. The Kier molecular flexibility index (Phi) is 5.37. The van der Waals surface area contributed by atoms with E-state index in [1.54, 1.807) is 19.1 Å². The van der Waals surface area contributed by atoms with Crippen molar-refractivity contribution >= 4 is 17.5 Å². The third-order valence-corrected chi connectivity index (χ3v) is 1.91. The highest BCUT2D eigenvalue weighted by Crippen LogP contribution is 2.07. The quantitative estimate of drug-likeness (QED) is 0.565. The number of benzene rings is 1. The van der Waals surface area contributed by atoms with Gasteiger partial charge in [0, 0.05) is 5.71 Å². The molecule has 0 saturated heterocycles. The van der Waals surface area contributed by atoms with Crippen LogP contribution < -0.4 is 15.9 Å². The number of carbonyl (C=O) groups excluding carboxylic acids is 2. The van der Waals surface area contributed by atoms with Gasteiger partial charge in [-0.15, -0.1) is 0 Å². The van der Waals surface area contributed by atoms with Crippen molar-refractivity contribution in [3.05, 3.63) is 30.3 Å². The lowest BCUT2D eigenvalue weighted by molar-refractivity contribution is -0.123. The first-order chi connectivity index (χ1) is 8.58. The molecule has 0 heterocycles. The second-order valence-corrected chi connectivity index (χ2v) is 3.63. The van der Waals surface area contributed by atoms with Crippen molar-refractivity contribution < 1.29 is 14.3 Å². The molecule has 1 rings (SSSR count). The number of hydrogen-bond donors (Lipinski definition) is 2. The standard InChI is InChI=1S/C12H15N3O3/c1-9(7-11(13)16)14-15-12(17)8-18-10-5-3-2-4-6-10/h2-6H,7-8H2,1H3,(H2,13,16)(H,15,17). The normalized spacial score (nSPS) is 10.8. The van der Waals surface area contributed by atoms with Crippen LogP contribution in [0.25, 0.3) is 0 Å². The van der Waals surface area contributed by atoms with Crippen LogP contribution in [-0.2, 0) is 9.59 Å². The highest BCUT2D eigenvalue weighted by Gasteiger charge is 2.02. The molecule has 0 bridgehead atoms. The van der Waals surface area contributed by atoms with Gasteiger partial charge in [0.15, 0.2) is 6.61 Å². The van der Waals surface area contributed by atoms with Gasteiger partial charge < -0.3 is 10.5 Å². The molecule has 0 aliphatic heterocycles. The number of nitrogens with zero attached hydrogens (tertiary/aromatic N) is 1. The SMILES string of the molecule is CC(CC(N)=O)=NNC(=O)COc1ccccc1. The molecular formula is C12H15N3O3. The lowest BCUT2D eigenvalue weighted by Gasteiger charge is -2.04. The minimum atomic E-state index is -0.494. The predicted octanol–water partition coefficient (Wildman–Crippen LogP) is 0.433. The fourth-order valence-corrected chi connectivity index (χ4v) is 1.15. The Labute approximate surface area is 105 Å². The van der Waals surface area contributed by atoms with Crippen molar-refractivity contribution in [1.29, 1.82) is 0 Å². The summed E-state index contributed by atoms with van der Waals surface area (Å²) < 4.78 is 5.21. The molecule has 6 heteroatoms. The number of carbonyl (C=O) groups is 2. The van der Waals surface area contributed by atoms with E-state index in [1.807, 2.05) is 18.2 Å². The zero-order valence-corrected chi connectivity index (χ0v) is 10.1. The zero-order chi connectivity index (χ0) is 13.4. The molecule has 0 aliphatic carbocycles. The van der Waals surface area contributed by atoms with E-state index < -0.39 is 11.8 Å². The van der Waals surface area contributed by atoms with Gasteiger partial charge in [0.1, 0.15) is 5.75 Å². The second-order valence-electron chi connectivity index (χ2n) is 3.63. The van der Waals surface area contributed by atoms with Crippen LogP contribution in [0.5, 0.6) is 5.75 Å². The lowest BCUT2D eigenvalue weighted by atomic mass is 10.3. The zero-order valence-electron chi connectivity index (χ0n) is 10.1. The van der Waals surface area contributed by atoms with Gasteiger partial charge in [-0.3, -0.25) is 9.59 Å². The summed E-state index contributed by atoms with van der Waals surface area (Å²) in [5.74, 6) is -0.292. The molecule has 0 atom stereocenters. The fraction of sp³-hybridized carbons (Fsp3) is 0.250. The average molecular weight is 249 g/mol. The molecule has 0 unspecified atom stereocenters. The predicted molar refractivity (Wildman–Crippen MR) is 67.0 cm³/mol. The average Bonchev–Trinajstić information content (AvgIpc) is 2.34. The minimum Gasteiger partial charge on any atom is -0.484 e. The molecule has 6 nitrogen and oxygen atoms in total. The fourth-order valence-electron chi connectivity index (χ4n) is 1.15. The number of nitrogens with two attached hydrogens (primary N) is 1. The van der Waals surface area contributed by atoms with Gasteiger partial charge >= 0.3 is 0 Å². The largest absolute Gasteiger partial charge is 0.484 e. The minimum absolute atomic E-state index is 0.0137. The first kappa shape index (κ1) is 13.7. The van der Waals surface area contributed by atoms with E-state index in [9.17, 15) is 9.59 Å². The first-order valence-corrected chi connectivity index (χ1v) is 5.36. The number of primary amides is 1. The monoisotopic (exact) mass is 249 g/mol. The number of hydrogen-bond acceptors (Lipinski definition) is 4. The van der Waals surface area contributed by atoms with Gasteiger partial charge in [-0.2, -0.15) is 5.10 Å². The van der Waals surface area contributed by atoms with Crippen LogP contribution in [0.4, 0.5) is 0 Å². The van der Waals surface area contributed by atoms with Crippen LogP contribution in [0.3, 0.4) is 0 Å². The van der Waals surface area contributed by atoms with Crippen molar-refractivity contribution in [3.8, 4) is 5.75 Å². The number of nitrogens with one attached hydrogen (secondary N) is 1. The Morgan fingerprint density at radius 1 is 1.33 bits per heavy atom. The number of para-hydroxylation sites is 1. The molecule has 3 N–H and O–H groups in total. The Hall–Kier alpha value is -2.37. The summed E-state index contributed by atoms with van der Waals surface area (Å²) in [7, 11) is 0. The molecule has 2 amide bonds. The van der Waals surface area contributed by atoms with E-state index in [4.69, 9.17) is 10.5 Å². The van der Waals surface area contributed by atoms with Crippen LogP contribution in [0, 0.1) is 0 Å². The summed E-state index contributed by atoms with van der Waals surface area (Å²) >= 11 is 0. The van der Waals surface area contributed by atoms with Crippen molar-refractivity contribution in [2.45, 2.75) is 13.3 Å². The Morgan fingerprint density at radius 2 is 2.00 bits per heavy atom. The Morgan fingerprint density at radius 3 is 2.61 bits per heavy atom. The van der Waals surface area contributed by atoms with Gasteiger partial charge in [0.25, 0.3) is 5.91 Å². The molecule has 18 heavy (non-hydrogen) atoms. The third-order valence-electron chi connectivity index (χ3n) is 1.91. The number of ether oxygens (including phenoxy) is 1. The van der Waals surface area contributed by atoms with E-state index in [2.05, 4.69) is 10.5 Å². The maximum absolute atomic E-state index is 11.3. The van der Waals surface area contributed by atoms with Gasteiger partial charge in [-0.1, -0.05) is 18.2 Å². The van der Waals surface area contributed by atoms with Crippen LogP contribution >= 0.6 is 0 Å². The molecule has 0 radical (unpaired) electrons.